The molecular formula is C16H30N2. The molecule has 0 aromatic rings. The van der Waals surface area contributed by atoms with Crippen molar-refractivity contribution in [3.05, 3.63) is 0 Å². The minimum absolute atomic E-state index is 0.414. The summed E-state index contributed by atoms with van der Waals surface area (Å²) >= 11 is 0. The number of hydrogen-bond acceptors (Lipinski definition) is 2. The summed E-state index contributed by atoms with van der Waals surface area (Å²) in [5, 5.41) is 3.86. The first-order chi connectivity index (χ1) is 8.67. The second kappa shape index (κ2) is 5.13. The molecule has 0 spiro atoms. The van der Waals surface area contributed by atoms with E-state index in [9.17, 15) is 0 Å². The van der Waals surface area contributed by atoms with E-state index >= 15 is 0 Å². The largest absolute Gasteiger partial charge is 0.310 e. The van der Waals surface area contributed by atoms with E-state index in [1.54, 1.807) is 0 Å². The van der Waals surface area contributed by atoms with Crippen molar-refractivity contribution in [3.63, 3.8) is 0 Å². The molecule has 1 heterocycles. The Kier molecular flexibility index (Phi) is 3.68. The van der Waals surface area contributed by atoms with E-state index < -0.39 is 0 Å². The average molecular weight is 250 g/mol. The number of hydrogen-bond donors (Lipinski definition) is 1. The molecule has 0 aromatic carbocycles. The third-order valence-electron chi connectivity index (χ3n) is 5.59. The smallest absolute Gasteiger partial charge is 0.0308 e. The molecular weight excluding hydrogens is 220 g/mol. The fourth-order valence-corrected chi connectivity index (χ4v) is 4.25. The lowest BCUT2D eigenvalue weighted by atomic mass is 9.85. The van der Waals surface area contributed by atoms with Crippen molar-refractivity contribution < 1.29 is 0 Å². The van der Waals surface area contributed by atoms with E-state index in [-0.39, 0.29) is 0 Å². The topological polar surface area (TPSA) is 15.3 Å². The minimum Gasteiger partial charge on any atom is -0.310 e. The van der Waals surface area contributed by atoms with Crippen LogP contribution in [-0.4, -0.2) is 36.1 Å². The Morgan fingerprint density at radius 3 is 2.67 bits per heavy atom. The molecule has 1 saturated heterocycles. The molecule has 104 valence electrons. The zero-order valence-electron chi connectivity index (χ0n) is 12.3. The highest BCUT2D eigenvalue weighted by Crippen LogP contribution is 2.41. The van der Waals surface area contributed by atoms with Crippen molar-refractivity contribution in [2.24, 2.45) is 11.8 Å². The summed E-state index contributed by atoms with van der Waals surface area (Å²) in [6.07, 6.45) is 10.1. The highest BCUT2D eigenvalue weighted by Gasteiger charge is 2.44. The van der Waals surface area contributed by atoms with Gasteiger partial charge < -0.3 is 5.32 Å². The molecule has 0 radical (unpaired) electrons. The fourth-order valence-electron chi connectivity index (χ4n) is 4.25. The fraction of sp³-hybridized carbons (Fsp3) is 1.00. The summed E-state index contributed by atoms with van der Waals surface area (Å²) in [7, 11) is 0. The van der Waals surface area contributed by atoms with E-state index in [1.165, 1.54) is 64.6 Å². The molecule has 3 aliphatic rings. The molecule has 18 heavy (non-hydrogen) atoms. The van der Waals surface area contributed by atoms with Gasteiger partial charge in [-0.2, -0.15) is 0 Å². The molecule has 3 rings (SSSR count). The van der Waals surface area contributed by atoms with Crippen LogP contribution in [0.4, 0.5) is 0 Å². The van der Waals surface area contributed by atoms with E-state index in [2.05, 4.69) is 24.1 Å². The van der Waals surface area contributed by atoms with Gasteiger partial charge >= 0.3 is 0 Å². The Morgan fingerprint density at radius 2 is 1.94 bits per heavy atom. The van der Waals surface area contributed by atoms with Crippen molar-refractivity contribution in [2.45, 2.75) is 70.4 Å². The molecule has 2 aliphatic carbocycles. The second-order valence-electron chi connectivity index (χ2n) is 7.37. The summed E-state index contributed by atoms with van der Waals surface area (Å²) in [4.78, 5) is 2.84. The number of nitrogens with one attached hydrogen (secondary N) is 1. The van der Waals surface area contributed by atoms with Gasteiger partial charge in [0.05, 0.1) is 0 Å². The van der Waals surface area contributed by atoms with Crippen LogP contribution in [0.3, 0.4) is 0 Å². The number of nitrogens with zero attached hydrogens (tertiary/aromatic N) is 1. The van der Waals surface area contributed by atoms with Crippen LogP contribution in [0.1, 0.15) is 58.8 Å². The summed E-state index contributed by atoms with van der Waals surface area (Å²) in [6.45, 7) is 8.78. The maximum absolute atomic E-state index is 3.86. The van der Waals surface area contributed by atoms with Crippen LogP contribution in [0.2, 0.25) is 0 Å². The van der Waals surface area contributed by atoms with Crippen molar-refractivity contribution in [1.82, 2.24) is 10.2 Å². The third kappa shape index (κ3) is 2.75. The molecule has 3 unspecified atom stereocenters. The summed E-state index contributed by atoms with van der Waals surface area (Å²) < 4.78 is 0. The predicted molar refractivity (Wildman–Crippen MR) is 76.7 cm³/mol. The molecule has 0 amide bonds. The molecule has 3 fully saturated rings. The summed E-state index contributed by atoms with van der Waals surface area (Å²) in [6, 6.07) is 0.881. The summed E-state index contributed by atoms with van der Waals surface area (Å²) in [5.41, 5.74) is 0.414. The van der Waals surface area contributed by atoms with E-state index in [1.807, 2.05) is 0 Å². The highest BCUT2D eigenvalue weighted by atomic mass is 15.2. The molecule has 1 N–H and O–H groups in total. The first kappa shape index (κ1) is 12.9. The highest BCUT2D eigenvalue weighted by molar-refractivity contribution is 5.02. The first-order valence-electron chi connectivity index (χ1n) is 8.16. The lowest BCUT2D eigenvalue weighted by molar-refractivity contribution is 0.107. The Hall–Kier alpha value is -0.0800. The maximum Gasteiger partial charge on any atom is 0.0308 e. The molecule has 1 aliphatic heterocycles. The van der Waals surface area contributed by atoms with Crippen LogP contribution in [-0.2, 0) is 0 Å². The quantitative estimate of drug-likeness (QED) is 0.810. The van der Waals surface area contributed by atoms with E-state index in [4.69, 9.17) is 0 Å². The van der Waals surface area contributed by atoms with Crippen LogP contribution >= 0.6 is 0 Å². The normalized spacial score (nSPS) is 43.7. The maximum atomic E-state index is 3.86. The van der Waals surface area contributed by atoms with Gasteiger partial charge in [0.2, 0.25) is 0 Å². The van der Waals surface area contributed by atoms with Gasteiger partial charge in [0, 0.05) is 18.1 Å². The average Bonchev–Trinajstić information content (AvgIpc) is 3.15. The Morgan fingerprint density at radius 1 is 1.11 bits per heavy atom. The lowest BCUT2D eigenvalue weighted by Gasteiger charge is -2.40. The number of rotatable bonds is 2. The molecule has 2 saturated carbocycles. The Bertz CT molecular complexity index is 287. The minimum atomic E-state index is 0.414. The zero-order valence-corrected chi connectivity index (χ0v) is 12.3. The van der Waals surface area contributed by atoms with Gasteiger partial charge in [-0.1, -0.05) is 19.8 Å². The molecule has 2 heteroatoms. The van der Waals surface area contributed by atoms with Gasteiger partial charge in [0.25, 0.3) is 0 Å². The first-order valence-corrected chi connectivity index (χ1v) is 8.16. The van der Waals surface area contributed by atoms with Crippen molar-refractivity contribution >= 4 is 0 Å². The zero-order chi connectivity index (χ0) is 12.6. The van der Waals surface area contributed by atoms with Crippen LogP contribution in [0, 0.1) is 11.8 Å². The van der Waals surface area contributed by atoms with E-state index in [0.29, 0.717) is 5.54 Å². The standard InChI is InChI=1S/C16H30N2/c1-13-5-3-6-15(11-13)18-10-4-9-17-16(2,12-18)14-7-8-14/h13-15,17H,3-12H2,1-2H3. The van der Waals surface area contributed by atoms with Crippen LogP contribution < -0.4 is 5.32 Å². The third-order valence-corrected chi connectivity index (χ3v) is 5.59. The van der Waals surface area contributed by atoms with Crippen molar-refractivity contribution in [1.29, 1.82) is 0 Å². The van der Waals surface area contributed by atoms with Crippen LogP contribution in [0.15, 0.2) is 0 Å². The van der Waals surface area contributed by atoms with Gasteiger partial charge in [-0.15, -0.1) is 0 Å². The SMILES string of the molecule is CC1CCCC(N2CCCNC(C)(C3CC3)C2)C1. The van der Waals surface area contributed by atoms with E-state index in [0.717, 1.165) is 17.9 Å². The predicted octanol–water partition coefficient (Wildman–Crippen LogP) is 3.03. The lowest BCUT2D eigenvalue weighted by Crippen LogP contribution is -2.53. The van der Waals surface area contributed by atoms with Gasteiger partial charge in [-0.05, 0) is 64.0 Å². The Labute approximate surface area is 113 Å². The monoisotopic (exact) mass is 250 g/mol. The van der Waals surface area contributed by atoms with Crippen LogP contribution in [0.5, 0.6) is 0 Å². The van der Waals surface area contributed by atoms with Crippen molar-refractivity contribution in [2.75, 3.05) is 19.6 Å². The summed E-state index contributed by atoms with van der Waals surface area (Å²) in [5.74, 6) is 1.91. The molecule has 2 nitrogen and oxygen atoms in total. The van der Waals surface area contributed by atoms with Crippen LogP contribution in [0.25, 0.3) is 0 Å². The molecule has 3 atom stereocenters. The second-order valence-corrected chi connectivity index (χ2v) is 7.37. The van der Waals surface area contributed by atoms with Gasteiger partial charge in [-0.3, -0.25) is 4.90 Å². The molecule has 0 aromatic heterocycles. The van der Waals surface area contributed by atoms with Gasteiger partial charge in [0.15, 0.2) is 0 Å². The Balaban J connectivity index is 1.66. The van der Waals surface area contributed by atoms with Crippen molar-refractivity contribution in [3.8, 4) is 0 Å². The van der Waals surface area contributed by atoms with Gasteiger partial charge in [0.1, 0.15) is 0 Å². The molecule has 0 bridgehead atoms. The van der Waals surface area contributed by atoms with Gasteiger partial charge in [-0.25, -0.2) is 0 Å².